The fourth-order valence-electron chi connectivity index (χ4n) is 2.26. The predicted molar refractivity (Wildman–Crippen MR) is 91.0 cm³/mol. The molecular formula is C18H25N3O. The van der Waals surface area contributed by atoms with Crippen LogP contribution in [-0.4, -0.2) is 19.0 Å². The fourth-order valence-corrected chi connectivity index (χ4v) is 2.26. The van der Waals surface area contributed by atoms with Crippen molar-refractivity contribution in [2.45, 2.75) is 32.7 Å². The molecule has 0 bridgehead atoms. The monoisotopic (exact) mass is 299 g/mol. The maximum Gasteiger partial charge on any atom is 0.191 e. The van der Waals surface area contributed by atoms with E-state index in [-0.39, 0.29) is 0 Å². The average molecular weight is 299 g/mol. The minimum Gasteiger partial charge on any atom is -0.467 e. The summed E-state index contributed by atoms with van der Waals surface area (Å²) < 4.78 is 5.30. The molecule has 118 valence electrons. The van der Waals surface area contributed by atoms with Crippen LogP contribution >= 0.6 is 0 Å². The summed E-state index contributed by atoms with van der Waals surface area (Å²) in [6.07, 6.45) is 2.74. The van der Waals surface area contributed by atoms with E-state index in [1.165, 1.54) is 5.56 Å². The van der Waals surface area contributed by atoms with Gasteiger partial charge in [-0.1, -0.05) is 37.3 Å². The van der Waals surface area contributed by atoms with Crippen LogP contribution in [0.15, 0.2) is 58.1 Å². The largest absolute Gasteiger partial charge is 0.467 e. The van der Waals surface area contributed by atoms with Gasteiger partial charge in [-0.2, -0.15) is 0 Å². The molecule has 0 spiro atoms. The third-order valence-corrected chi connectivity index (χ3v) is 3.56. The van der Waals surface area contributed by atoms with E-state index < -0.39 is 0 Å². The molecule has 1 aromatic heterocycles. The first-order chi connectivity index (χ1) is 10.8. The number of hydrogen-bond acceptors (Lipinski definition) is 2. The standard InChI is InChI=1S/C18H25N3O/c1-3-19-18(21-14-17-10-7-13-22-17)20-12-11-15(2)16-8-5-4-6-9-16/h4-10,13,15H,3,11-12,14H2,1-2H3,(H2,19,20,21). The smallest absolute Gasteiger partial charge is 0.191 e. The maximum atomic E-state index is 5.30. The fraction of sp³-hybridized carbons (Fsp3) is 0.389. The summed E-state index contributed by atoms with van der Waals surface area (Å²) in [5, 5.41) is 6.64. The van der Waals surface area contributed by atoms with E-state index in [9.17, 15) is 0 Å². The summed E-state index contributed by atoms with van der Waals surface area (Å²) in [5.41, 5.74) is 1.38. The molecule has 0 saturated heterocycles. The van der Waals surface area contributed by atoms with Gasteiger partial charge in [0.2, 0.25) is 0 Å². The number of hydrogen-bond donors (Lipinski definition) is 2. The summed E-state index contributed by atoms with van der Waals surface area (Å²) in [4.78, 5) is 4.53. The molecule has 2 aromatic rings. The van der Waals surface area contributed by atoms with Crippen LogP contribution in [-0.2, 0) is 6.54 Å². The van der Waals surface area contributed by atoms with Gasteiger partial charge < -0.3 is 15.1 Å². The lowest BCUT2D eigenvalue weighted by molar-refractivity contribution is 0.511. The minimum atomic E-state index is 0.529. The summed E-state index contributed by atoms with van der Waals surface area (Å²) in [6.45, 7) is 6.61. The first kappa shape index (κ1) is 16.1. The molecule has 1 atom stereocenters. The van der Waals surface area contributed by atoms with Crippen LogP contribution in [0.3, 0.4) is 0 Å². The number of nitrogens with zero attached hydrogens (tertiary/aromatic N) is 1. The Morgan fingerprint density at radius 2 is 1.95 bits per heavy atom. The molecule has 0 aliphatic heterocycles. The van der Waals surface area contributed by atoms with Crippen LogP contribution < -0.4 is 10.6 Å². The molecule has 0 amide bonds. The second-order valence-corrected chi connectivity index (χ2v) is 5.30. The average Bonchev–Trinajstić information content (AvgIpc) is 3.06. The van der Waals surface area contributed by atoms with E-state index in [4.69, 9.17) is 4.42 Å². The molecule has 0 radical (unpaired) electrons. The van der Waals surface area contributed by atoms with Crippen molar-refractivity contribution < 1.29 is 4.42 Å². The highest BCUT2D eigenvalue weighted by Crippen LogP contribution is 2.17. The molecule has 22 heavy (non-hydrogen) atoms. The van der Waals surface area contributed by atoms with E-state index in [1.54, 1.807) is 6.26 Å². The molecule has 0 saturated carbocycles. The van der Waals surface area contributed by atoms with E-state index >= 15 is 0 Å². The third-order valence-electron chi connectivity index (χ3n) is 3.56. The molecule has 1 aromatic carbocycles. The molecule has 4 nitrogen and oxygen atoms in total. The highest BCUT2D eigenvalue weighted by atomic mass is 16.3. The number of aliphatic imine (C=N–C) groups is 1. The quantitative estimate of drug-likeness (QED) is 0.607. The zero-order valence-electron chi connectivity index (χ0n) is 13.4. The van der Waals surface area contributed by atoms with Gasteiger partial charge in [-0.3, -0.25) is 0 Å². The second-order valence-electron chi connectivity index (χ2n) is 5.30. The maximum absolute atomic E-state index is 5.30. The van der Waals surface area contributed by atoms with Gasteiger partial charge in [-0.15, -0.1) is 0 Å². The Labute approximate surface area is 132 Å². The first-order valence-corrected chi connectivity index (χ1v) is 7.89. The van der Waals surface area contributed by atoms with Crippen LogP contribution in [0.4, 0.5) is 0 Å². The van der Waals surface area contributed by atoms with Gasteiger partial charge in [-0.05, 0) is 37.0 Å². The van der Waals surface area contributed by atoms with Crippen LogP contribution in [0, 0.1) is 0 Å². The Morgan fingerprint density at radius 3 is 2.64 bits per heavy atom. The van der Waals surface area contributed by atoms with Crippen molar-refractivity contribution in [1.29, 1.82) is 0 Å². The van der Waals surface area contributed by atoms with Gasteiger partial charge in [0, 0.05) is 13.1 Å². The van der Waals surface area contributed by atoms with Gasteiger partial charge in [-0.25, -0.2) is 4.99 Å². The Kier molecular flexibility index (Phi) is 6.55. The molecule has 2 N–H and O–H groups in total. The number of rotatable bonds is 7. The minimum absolute atomic E-state index is 0.529. The van der Waals surface area contributed by atoms with Gasteiger partial charge in [0.05, 0.1) is 6.26 Å². The summed E-state index contributed by atoms with van der Waals surface area (Å²) in [6, 6.07) is 14.4. The molecule has 2 rings (SSSR count). The third kappa shape index (κ3) is 5.28. The van der Waals surface area contributed by atoms with Crippen molar-refractivity contribution in [1.82, 2.24) is 10.6 Å². The van der Waals surface area contributed by atoms with Gasteiger partial charge in [0.25, 0.3) is 0 Å². The number of nitrogens with one attached hydrogen (secondary N) is 2. The lowest BCUT2D eigenvalue weighted by Crippen LogP contribution is -2.38. The van der Waals surface area contributed by atoms with Crippen molar-refractivity contribution in [2.24, 2.45) is 4.99 Å². The van der Waals surface area contributed by atoms with E-state index in [2.05, 4.69) is 59.8 Å². The Hall–Kier alpha value is -2.23. The van der Waals surface area contributed by atoms with Crippen LogP contribution in [0.2, 0.25) is 0 Å². The molecule has 1 unspecified atom stereocenters. The van der Waals surface area contributed by atoms with Gasteiger partial charge in [0.15, 0.2) is 5.96 Å². The normalized spacial score (nSPS) is 12.9. The predicted octanol–water partition coefficient (Wildman–Crippen LogP) is 3.53. The number of benzene rings is 1. The van der Waals surface area contributed by atoms with Crippen molar-refractivity contribution in [3.8, 4) is 0 Å². The molecule has 0 aliphatic rings. The van der Waals surface area contributed by atoms with Crippen LogP contribution in [0.5, 0.6) is 0 Å². The van der Waals surface area contributed by atoms with Crippen LogP contribution in [0.1, 0.15) is 37.5 Å². The molecule has 4 heteroatoms. The van der Waals surface area contributed by atoms with Gasteiger partial charge >= 0.3 is 0 Å². The summed E-state index contributed by atoms with van der Waals surface area (Å²) >= 11 is 0. The van der Waals surface area contributed by atoms with E-state index in [0.717, 1.165) is 31.2 Å². The lowest BCUT2D eigenvalue weighted by Gasteiger charge is -2.15. The SMILES string of the molecule is CCNC(=NCc1ccco1)NCCC(C)c1ccccc1. The summed E-state index contributed by atoms with van der Waals surface area (Å²) in [7, 11) is 0. The highest BCUT2D eigenvalue weighted by molar-refractivity contribution is 5.79. The number of guanidine groups is 1. The first-order valence-electron chi connectivity index (χ1n) is 7.89. The highest BCUT2D eigenvalue weighted by Gasteiger charge is 2.05. The van der Waals surface area contributed by atoms with Crippen molar-refractivity contribution in [2.75, 3.05) is 13.1 Å². The topological polar surface area (TPSA) is 49.6 Å². The summed E-state index contributed by atoms with van der Waals surface area (Å²) in [5.74, 6) is 2.23. The van der Waals surface area contributed by atoms with Crippen molar-refractivity contribution >= 4 is 5.96 Å². The lowest BCUT2D eigenvalue weighted by atomic mass is 9.98. The van der Waals surface area contributed by atoms with Crippen molar-refractivity contribution in [3.05, 3.63) is 60.1 Å². The van der Waals surface area contributed by atoms with E-state index in [0.29, 0.717) is 12.5 Å². The molecule has 0 fully saturated rings. The molecule has 0 aliphatic carbocycles. The van der Waals surface area contributed by atoms with Gasteiger partial charge in [0.1, 0.15) is 12.3 Å². The zero-order valence-corrected chi connectivity index (χ0v) is 13.4. The Morgan fingerprint density at radius 1 is 1.14 bits per heavy atom. The second kappa shape index (κ2) is 8.93. The zero-order chi connectivity index (χ0) is 15.6. The Balaban J connectivity index is 1.80. The molecule has 1 heterocycles. The van der Waals surface area contributed by atoms with Crippen LogP contribution in [0.25, 0.3) is 0 Å². The molecular weight excluding hydrogens is 274 g/mol. The van der Waals surface area contributed by atoms with E-state index in [1.807, 2.05) is 12.1 Å². The number of furan rings is 1. The van der Waals surface area contributed by atoms with Crippen molar-refractivity contribution in [3.63, 3.8) is 0 Å². The Bertz CT molecular complexity index is 549.